The molecule has 2 heterocycles. The van der Waals surface area contributed by atoms with Gasteiger partial charge in [-0.05, 0) is 64.8 Å². The second kappa shape index (κ2) is 9.35. The van der Waals surface area contributed by atoms with Crippen molar-refractivity contribution in [1.82, 2.24) is 4.90 Å². The van der Waals surface area contributed by atoms with Crippen LogP contribution in [0, 0.1) is 11.3 Å². The molecule has 0 radical (unpaired) electrons. The lowest BCUT2D eigenvalue weighted by atomic mass is 9.86. The summed E-state index contributed by atoms with van der Waals surface area (Å²) in [6, 6.07) is 13.5. The van der Waals surface area contributed by atoms with Crippen molar-refractivity contribution in [1.29, 1.82) is 5.26 Å². The lowest BCUT2D eigenvalue weighted by Crippen LogP contribution is -2.47. The number of hydrogen-bond acceptors (Lipinski definition) is 7. The second-order valence-electron chi connectivity index (χ2n) is 7.34. The summed E-state index contributed by atoms with van der Waals surface area (Å²) in [5, 5.41) is 20.8. The van der Waals surface area contributed by atoms with E-state index in [0.717, 1.165) is 17.0 Å². The van der Waals surface area contributed by atoms with E-state index in [1.807, 2.05) is 31.2 Å². The van der Waals surface area contributed by atoms with E-state index in [4.69, 9.17) is 9.47 Å². The molecule has 0 saturated carbocycles. The Morgan fingerprint density at radius 1 is 1.31 bits per heavy atom. The zero-order valence-corrected chi connectivity index (χ0v) is 20.1. The number of aromatic hydroxyl groups is 1. The summed E-state index contributed by atoms with van der Waals surface area (Å²) in [7, 11) is 1.47. The first kappa shape index (κ1) is 22.4. The van der Waals surface area contributed by atoms with Crippen LogP contribution < -0.4 is 14.4 Å². The number of anilines is 1. The van der Waals surface area contributed by atoms with E-state index in [-0.39, 0.29) is 18.1 Å². The fraction of sp³-hybridized carbons (Fsp3) is 0.304. The van der Waals surface area contributed by atoms with Crippen molar-refractivity contribution in [3.63, 3.8) is 0 Å². The third kappa shape index (κ3) is 4.12. The molecule has 0 aromatic heterocycles. The summed E-state index contributed by atoms with van der Waals surface area (Å²) in [6.07, 6.45) is 0.171. The Balaban J connectivity index is 1.63. The van der Waals surface area contributed by atoms with Gasteiger partial charge in [-0.15, -0.1) is 0 Å². The number of halogens is 1. The van der Waals surface area contributed by atoms with E-state index in [2.05, 4.69) is 26.9 Å². The lowest BCUT2D eigenvalue weighted by molar-refractivity contribution is -0.129. The summed E-state index contributed by atoms with van der Waals surface area (Å²) >= 11 is 4.81. The van der Waals surface area contributed by atoms with Crippen LogP contribution in [0.3, 0.4) is 0 Å². The molecule has 1 fully saturated rings. The van der Waals surface area contributed by atoms with Gasteiger partial charge in [0.15, 0.2) is 11.5 Å². The van der Waals surface area contributed by atoms with Crippen LogP contribution >= 0.6 is 27.7 Å². The lowest BCUT2D eigenvalue weighted by Gasteiger charge is -2.42. The van der Waals surface area contributed by atoms with Crippen LogP contribution in [0.25, 0.3) is 0 Å². The van der Waals surface area contributed by atoms with Gasteiger partial charge in [0.1, 0.15) is 5.75 Å². The zero-order chi connectivity index (χ0) is 22.8. The molecular weight excluding hydrogens is 494 g/mol. The fourth-order valence-corrected chi connectivity index (χ4v) is 5.51. The van der Waals surface area contributed by atoms with Gasteiger partial charge in [-0.1, -0.05) is 11.8 Å². The monoisotopic (exact) mass is 515 g/mol. The maximum Gasteiger partial charge on any atom is 0.229 e. The normalized spacial score (nSPS) is 18.3. The molecule has 1 N–H and O–H groups in total. The average Bonchev–Trinajstić information content (AvgIpc) is 2.81. The maximum absolute atomic E-state index is 13.1. The number of nitrogens with zero attached hydrogens (tertiary/aromatic N) is 3. The summed E-state index contributed by atoms with van der Waals surface area (Å²) in [5.74, 6) is 1.27. The number of carbonyl (C=O) groups is 1. The highest BCUT2D eigenvalue weighted by atomic mass is 79.9. The van der Waals surface area contributed by atoms with Crippen LogP contribution in [0.1, 0.15) is 24.8 Å². The number of methoxy groups -OCH3 is 1. The molecule has 0 bridgehead atoms. The highest BCUT2D eigenvalue weighted by Gasteiger charge is 2.38. The van der Waals surface area contributed by atoms with Crippen LogP contribution in [0.2, 0.25) is 0 Å². The summed E-state index contributed by atoms with van der Waals surface area (Å²) < 4.78 is 11.2. The predicted molar refractivity (Wildman–Crippen MR) is 127 cm³/mol. The molecule has 4 rings (SSSR count). The van der Waals surface area contributed by atoms with E-state index in [9.17, 15) is 15.2 Å². The SMILES string of the molecule is CCOc1ccc(N2CSC3=C(C#N)C(c4cc(Br)c(O)c(OC)c4)CC(=O)N3C2)cc1. The number of phenols is 1. The largest absolute Gasteiger partial charge is 0.503 e. The second-order valence-corrected chi connectivity index (χ2v) is 9.13. The van der Waals surface area contributed by atoms with E-state index >= 15 is 0 Å². The Kier molecular flexibility index (Phi) is 6.53. The summed E-state index contributed by atoms with van der Waals surface area (Å²) in [4.78, 5) is 16.9. The molecule has 1 atom stereocenters. The molecule has 32 heavy (non-hydrogen) atoms. The molecule has 1 saturated heterocycles. The molecule has 7 nitrogen and oxygen atoms in total. The number of thioether (sulfide) groups is 1. The minimum absolute atomic E-state index is 0.00999. The molecule has 1 unspecified atom stereocenters. The van der Waals surface area contributed by atoms with Gasteiger partial charge in [0.25, 0.3) is 0 Å². The van der Waals surface area contributed by atoms with Crippen LogP contribution in [0.15, 0.2) is 51.5 Å². The van der Waals surface area contributed by atoms with Crippen LogP contribution in [0.4, 0.5) is 5.69 Å². The number of hydrogen-bond donors (Lipinski definition) is 1. The van der Waals surface area contributed by atoms with Crippen molar-refractivity contribution in [3.8, 4) is 23.3 Å². The topological polar surface area (TPSA) is 86.0 Å². The van der Waals surface area contributed by atoms with Gasteiger partial charge < -0.3 is 19.5 Å². The number of ether oxygens (including phenoxy) is 2. The first-order valence-electron chi connectivity index (χ1n) is 10.1. The third-order valence-electron chi connectivity index (χ3n) is 5.48. The van der Waals surface area contributed by atoms with Gasteiger partial charge in [-0.3, -0.25) is 9.69 Å². The first-order valence-corrected chi connectivity index (χ1v) is 11.9. The molecular formula is C23H22BrN3O4S. The number of carbonyl (C=O) groups excluding carboxylic acids is 1. The highest BCUT2D eigenvalue weighted by Crippen LogP contribution is 2.46. The Hall–Kier alpha value is -2.83. The number of benzene rings is 2. The van der Waals surface area contributed by atoms with Crippen molar-refractivity contribution in [3.05, 3.63) is 57.0 Å². The van der Waals surface area contributed by atoms with Crippen molar-refractivity contribution < 1.29 is 19.4 Å². The molecule has 2 aromatic carbocycles. The number of fused-ring (bicyclic) bond motifs is 1. The molecule has 9 heteroatoms. The maximum atomic E-state index is 13.1. The predicted octanol–water partition coefficient (Wildman–Crippen LogP) is 4.78. The first-order chi connectivity index (χ1) is 15.5. The Labute approximate surface area is 199 Å². The molecule has 0 aliphatic carbocycles. The van der Waals surface area contributed by atoms with Gasteiger partial charge >= 0.3 is 0 Å². The number of nitriles is 1. The van der Waals surface area contributed by atoms with Crippen molar-refractivity contribution >= 4 is 39.3 Å². The third-order valence-corrected chi connectivity index (χ3v) is 7.24. The van der Waals surface area contributed by atoms with Crippen molar-refractivity contribution in [2.75, 3.05) is 31.2 Å². The van der Waals surface area contributed by atoms with Gasteiger partial charge in [-0.25, -0.2) is 0 Å². The number of allylic oxidation sites excluding steroid dienone is 1. The smallest absolute Gasteiger partial charge is 0.229 e. The highest BCUT2D eigenvalue weighted by molar-refractivity contribution is 9.10. The fourth-order valence-electron chi connectivity index (χ4n) is 3.88. The summed E-state index contributed by atoms with van der Waals surface area (Å²) in [5.41, 5.74) is 2.29. The van der Waals surface area contributed by atoms with E-state index in [0.29, 0.717) is 40.0 Å². The van der Waals surface area contributed by atoms with Gasteiger partial charge in [-0.2, -0.15) is 5.26 Å². The van der Waals surface area contributed by atoms with Gasteiger partial charge in [0.2, 0.25) is 5.91 Å². The van der Waals surface area contributed by atoms with E-state index in [1.54, 1.807) is 17.0 Å². The van der Waals surface area contributed by atoms with Gasteiger partial charge in [0, 0.05) is 18.0 Å². The molecule has 166 valence electrons. The van der Waals surface area contributed by atoms with Gasteiger partial charge in [0.05, 0.1) is 47.4 Å². The Morgan fingerprint density at radius 3 is 2.72 bits per heavy atom. The molecule has 2 aliphatic heterocycles. The molecule has 0 spiro atoms. The van der Waals surface area contributed by atoms with Crippen molar-refractivity contribution in [2.45, 2.75) is 19.3 Å². The zero-order valence-electron chi connectivity index (χ0n) is 17.7. The van der Waals surface area contributed by atoms with Crippen LogP contribution in [0.5, 0.6) is 17.2 Å². The van der Waals surface area contributed by atoms with E-state index < -0.39 is 5.92 Å². The number of rotatable bonds is 5. The molecule has 2 aromatic rings. The molecule has 1 amide bonds. The van der Waals surface area contributed by atoms with Crippen LogP contribution in [-0.4, -0.2) is 42.2 Å². The standard InChI is InChI=1S/C23H22BrN3O4S/c1-3-31-16-6-4-15(5-7-16)26-12-27-21(28)10-17(18(11-25)23(27)32-13-26)14-8-19(24)22(29)20(9-14)30-2/h4-9,17,29H,3,10,12-13H2,1-2H3. The number of amides is 1. The average molecular weight is 516 g/mol. The summed E-state index contributed by atoms with van der Waals surface area (Å²) in [6.45, 7) is 2.94. The Bertz CT molecular complexity index is 1110. The number of phenolic OH excluding ortho intramolecular Hbond substituents is 1. The van der Waals surface area contributed by atoms with Crippen molar-refractivity contribution in [2.24, 2.45) is 0 Å². The Morgan fingerprint density at radius 2 is 2.06 bits per heavy atom. The quantitative estimate of drug-likeness (QED) is 0.612. The van der Waals surface area contributed by atoms with E-state index in [1.165, 1.54) is 18.9 Å². The van der Waals surface area contributed by atoms with Crippen LogP contribution in [-0.2, 0) is 4.79 Å². The molecule has 2 aliphatic rings. The minimum Gasteiger partial charge on any atom is -0.503 e. The minimum atomic E-state index is -0.394.